The molecule has 0 radical (unpaired) electrons. The molecule has 0 unspecified atom stereocenters. The number of pyridine rings is 1. The maximum absolute atomic E-state index is 13.3. The van der Waals surface area contributed by atoms with Crippen molar-refractivity contribution in [2.24, 2.45) is 7.05 Å². The molecule has 3 heterocycles. The van der Waals surface area contributed by atoms with Gasteiger partial charge in [0.25, 0.3) is 0 Å². The Morgan fingerprint density at radius 2 is 1.84 bits per heavy atom. The van der Waals surface area contributed by atoms with E-state index in [0.29, 0.717) is 5.02 Å². The van der Waals surface area contributed by atoms with Crippen molar-refractivity contribution in [3.63, 3.8) is 0 Å². The second-order valence-electron chi connectivity index (χ2n) is 10.1. The number of aromatic nitrogens is 4. The second kappa shape index (κ2) is 10.1. The highest BCUT2D eigenvalue weighted by Crippen LogP contribution is 2.44. The van der Waals surface area contributed by atoms with E-state index in [4.69, 9.17) is 31.0 Å². The van der Waals surface area contributed by atoms with Crippen LogP contribution in [0, 0.1) is 6.92 Å². The van der Waals surface area contributed by atoms with Crippen LogP contribution in [0.25, 0.3) is 43.1 Å². The molecular formula is C29H29ClN4O3S. The molecule has 5 rings (SSSR count). The minimum atomic E-state index is -0.916. The van der Waals surface area contributed by atoms with E-state index < -0.39 is 17.7 Å². The van der Waals surface area contributed by atoms with Gasteiger partial charge in [0, 0.05) is 23.2 Å². The van der Waals surface area contributed by atoms with E-state index in [1.165, 1.54) is 11.3 Å². The summed E-state index contributed by atoms with van der Waals surface area (Å²) >= 11 is 7.77. The molecule has 0 saturated carbocycles. The molecule has 0 amide bonds. The van der Waals surface area contributed by atoms with Crippen molar-refractivity contribution in [1.82, 2.24) is 19.7 Å². The average Bonchev–Trinajstić information content (AvgIpc) is 3.45. The third-order valence-electron chi connectivity index (χ3n) is 6.12. The molecule has 38 heavy (non-hydrogen) atoms. The summed E-state index contributed by atoms with van der Waals surface area (Å²) in [7, 11) is 1.89. The van der Waals surface area contributed by atoms with Crippen molar-refractivity contribution in [1.29, 1.82) is 0 Å². The van der Waals surface area contributed by atoms with Crippen LogP contribution in [0.4, 0.5) is 0 Å². The topological polar surface area (TPSA) is 79.1 Å². The van der Waals surface area contributed by atoms with Crippen molar-refractivity contribution in [2.45, 2.75) is 46.3 Å². The quantitative estimate of drug-likeness (QED) is 0.207. The van der Waals surface area contributed by atoms with E-state index in [1.807, 2.05) is 77.2 Å². The molecule has 0 saturated heterocycles. The van der Waals surface area contributed by atoms with Gasteiger partial charge in [-0.3, -0.25) is 4.68 Å². The SMILES string of the molecule is CCOC(=O)[C@@H](OC(C)(C)C)c1c(C)cc2nc(-c3ccc4c(cnn4C)n3)sc2c1-c1ccc(Cl)cc1. The molecule has 0 aliphatic carbocycles. The first-order chi connectivity index (χ1) is 18.1. The standard InChI is InChI=1S/C29H29ClN4O3S/c1-7-36-28(35)25(37-29(3,4)5)23-16(2)14-20-26(24(23)17-8-10-18(30)11-9-17)38-27(33-20)19-12-13-22-21(32-19)15-31-34(22)6/h8-15,25H,7H2,1-6H3/t25-/m0/s1. The fraction of sp³-hybridized carbons (Fsp3) is 0.310. The molecule has 0 N–H and O–H groups in total. The third-order valence-corrected chi connectivity index (χ3v) is 7.48. The molecule has 0 bridgehead atoms. The number of carbonyl (C=O) groups excluding carboxylic acids is 1. The van der Waals surface area contributed by atoms with E-state index in [0.717, 1.165) is 54.2 Å². The Balaban J connectivity index is 1.77. The molecule has 3 aromatic heterocycles. The highest BCUT2D eigenvalue weighted by molar-refractivity contribution is 7.22. The van der Waals surface area contributed by atoms with Crippen LogP contribution in [0.3, 0.4) is 0 Å². The number of ether oxygens (including phenoxy) is 2. The van der Waals surface area contributed by atoms with Crippen molar-refractivity contribution in [3.05, 3.63) is 64.8 Å². The maximum atomic E-state index is 13.3. The lowest BCUT2D eigenvalue weighted by Crippen LogP contribution is -2.29. The molecule has 0 spiro atoms. The van der Waals surface area contributed by atoms with E-state index in [1.54, 1.807) is 17.8 Å². The molecule has 196 valence electrons. The second-order valence-corrected chi connectivity index (χ2v) is 11.5. The number of esters is 1. The smallest absolute Gasteiger partial charge is 0.339 e. The molecule has 1 atom stereocenters. The zero-order valence-electron chi connectivity index (χ0n) is 22.2. The molecule has 9 heteroatoms. The monoisotopic (exact) mass is 548 g/mol. The number of nitrogens with zero attached hydrogens (tertiary/aromatic N) is 4. The van der Waals surface area contributed by atoms with Gasteiger partial charge in [0.05, 0.1) is 39.8 Å². The van der Waals surface area contributed by atoms with Gasteiger partial charge in [-0.25, -0.2) is 14.8 Å². The van der Waals surface area contributed by atoms with Crippen molar-refractivity contribution in [2.75, 3.05) is 6.61 Å². The lowest BCUT2D eigenvalue weighted by atomic mass is 9.91. The molecule has 0 fully saturated rings. The highest BCUT2D eigenvalue weighted by atomic mass is 35.5. The summed E-state index contributed by atoms with van der Waals surface area (Å²) in [5, 5.41) is 5.72. The van der Waals surface area contributed by atoms with Crippen molar-refractivity contribution in [3.8, 4) is 21.8 Å². The summed E-state index contributed by atoms with van der Waals surface area (Å²) < 4.78 is 14.6. The number of fused-ring (bicyclic) bond motifs is 2. The average molecular weight is 549 g/mol. The number of hydrogen-bond donors (Lipinski definition) is 0. The Bertz CT molecular complexity index is 1650. The van der Waals surface area contributed by atoms with E-state index >= 15 is 0 Å². The van der Waals surface area contributed by atoms with Gasteiger partial charge in [0.2, 0.25) is 0 Å². The predicted octanol–water partition coefficient (Wildman–Crippen LogP) is 7.29. The number of hydrogen-bond acceptors (Lipinski definition) is 7. The molecule has 2 aromatic carbocycles. The number of rotatable bonds is 6. The molecule has 0 aliphatic heterocycles. The van der Waals surface area contributed by atoms with Crippen molar-refractivity contribution >= 4 is 50.2 Å². The number of aryl methyl sites for hydroxylation is 2. The van der Waals surface area contributed by atoms with Crippen LogP contribution in [-0.2, 0) is 21.3 Å². The molecule has 0 aliphatic rings. The zero-order chi connectivity index (χ0) is 27.2. The Morgan fingerprint density at radius 1 is 1.11 bits per heavy atom. The normalized spacial score (nSPS) is 12.8. The lowest BCUT2D eigenvalue weighted by Gasteiger charge is -2.29. The first kappa shape index (κ1) is 26.3. The molecule has 5 aromatic rings. The summed E-state index contributed by atoms with van der Waals surface area (Å²) in [5.74, 6) is -0.423. The summed E-state index contributed by atoms with van der Waals surface area (Å²) in [6.45, 7) is 9.82. The Hall–Kier alpha value is -3.33. The summed E-state index contributed by atoms with van der Waals surface area (Å²) in [6.07, 6.45) is 0.835. The first-order valence-electron chi connectivity index (χ1n) is 12.4. The fourth-order valence-electron chi connectivity index (χ4n) is 4.52. The minimum absolute atomic E-state index is 0.258. The van der Waals surface area contributed by atoms with Gasteiger partial charge >= 0.3 is 5.97 Å². The summed E-state index contributed by atoms with van der Waals surface area (Å²) in [6, 6.07) is 13.6. The van der Waals surface area contributed by atoms with Crippen LogP contribution in [0.15, 0.2) is 48.7 Å². The summed E-state index contributed by atoms with van der Waals surface area (Å²) in [5.41, 5.74) is 6.20. The van der Waals surface area contributed by atoms with E-state index in [2.05, 4.69) is 5.10 Å². The number of thiazole rings is 1. The van der Waals surface area contributed by atoms with Gasteiger partial charge in [0.15, 0.2) is 6.10 Å². The van der Waals surface area contributed by atoms with Crippen LogP contribution in [0.5, 0.6) is 0 Å². The van der Waals surface area contributed by atoms with Crippen LogP contribution in [0.1, 0.15) is 44.9 Å². The summed E-state index contributed by atoms with van der Waals surface area (Å²) in [4.78, 5) is 23.1. The number of carbonyl (C=O) groups is 1. The van der Waals surface area contributed by atoms with E-state index in [9.17, 15) is 4.79 Å². The van der Waals surface area contributed by atoms with Gasteiger partial charge in [-0.1, -0.05) is 23.7 Å². The minimum Gasteiger partial charge on any atom is -0.464 e. The predicted molar refractivity (Wildman–Crippen MR) is 153 cm³/mol. The number of benzene rings is 2. The maximum Gasteiger partial charge on any atom is 0.339 e. The van der Waals surface area contributed by atoms with Gasteiger partial charge in [-0.05, 0) is 76.1 Å². The first-order valence-corrected chi connectivity index (χ1v) is 13.6. The molecule has 7 nitrogen and oxygen atoms in total. The van der Waals surface area contributed by atoms with Crippen molar-refractivity contribution < 1.29 is 14.3 Å². The highest BCUT2D eigenvalue weighted by Gasteiger charge is 2.33. The fourth-order valence-corrected chi connectivity index (χ4v) is 5.74. The van der Waals surface area contributed by atoms with Gasteiger partial charge in [-0.2, -0.15) is 5.10 Å². The van der Waals surface area contributed by atoms with Gasteiger partial charge in [0.1, 0.15) is 10.5 Å². The van der Waals surface area contributed by atoms with Crippen LogP contribution >= 0.6 is 22.9 Å². The van der Waals surface area contributed by atoms with Crippen LogP contribution < -0.4 is 0 Å². The van der Waals surface area contributed by atoms with Crippen LogP contribution in [-0.4, -0.2) is 37.9 Å². The Morgan fingerprint density at radius 3 is 2.53 bits per heavy atom. The number of halogens is 1. The largest absolute Gasteiger partial charge is 0.464 e. The zero-order valence-corrected chi connectivity index (χ0v) is 23.8. The van der Waals surface area contributed by atoms with Crippen LogP contribution in [0.2, 0.25) is 5.02 Å². The lowest BCUT2D eigenvalue weighted by molar-refractivity contribution is -0.166. The Labute approximate surface area is 230 Å². The van der Waals surface area contributed by atoms with Gasteiger partial charge < -0.3 is 9.47 Å². The molecular weight excluding hydrogens is 520 g/mol. The van der Waals surface area contributed by atoms with E-state index in [-0.39, 0.29) is 6.61 Å². The van der Waals surface area contributed by atoms with Gasteiger partial charge in [-0.15, -0.1) is 11.3 Å². The third kappa shape index (κ3) is 5.04. The Kier molecular flexibility index (Phi) is 6.98.